The third-order valence-electron chi connectivity index (χ3n) is 3.82. The van der Waals surface area contributed by atoms with Gasteiger partial charge in [-0.1, -0.05) is 49.4 Å². The maximum absolute atomic E-state index is 6.39. The molecule has 3 rings (SSSR count). The molecule has 2 N–H and O–H groups in total. The molecule has 1 aliphatic rings. The smallest absolute Gasteiger partial charge is 0.0725 e. The fraction of sp³-hybridized carbons (Fsp3) is 0.294. The molecule has 2 nitrogen and oxygen atoms in total. The van der Waals surface area contributed by atoms with Gasteiger partial charge in [-0.15, -0.1) is 0 Å². The number of aryl methyl sites for hydroxylation is 1. The van der Waals surface area contributed by atoms with Crippen LogP contribution < -0.4 is 5.73 Å². The van der Waals surface area contributed by atoms with Crippen LogP contribution in [-0.4, -0.2) is 0 Å². The van der Waals surface area contributed by atoms with Gasteiger partial charge in [-0.05, 0) is 34.2 Å². The van der Waals surface area contributed by atoms with Crippen LogP contribution in [-0.2, 0) is 24.4 Å². The first-order valence-electron chi connectivity index (χ1n) is 6.82. The van der Waals surface area contributed by atoms with Crippen LogP contribution in [0.25, 0.3) is 0 Å². The Morgan fingerprint density at radius 3 is 2.68 bits per heavy atom. The van der Waals surface area contributed by atoms with E-state index in [1.54, 1.807) is 0 Å². The first kappa shape index (κ1) is 12.4. The van der Waals surface area contributed by atoms with Gasteiger partial charge < -0.3 is 10.5 Å². The molecular formula is C17H19NO. The number of hydrogen-bond donors (Lipinski definition) is 1. The van der Waals surface area contributed by atoms with Crippen molar-refractivity contribution in [1.29, 1.82) is 0 Å². The van der Waals surface area contributed by atoms with Crippen molar-refractivity contribution in [3.05, 3.63) is 70.3 Å². The molecule has 0 saturated carbocycles. The first-order valence-corrected chi connectivity index (χ1v) is 6.82. The van der Waals surface area contributed by atoms with Gasteiger partial charge in [0.15, 0.2) is 0 Å². The summed E-state index contributed by atoms with van der Waals surface area (Å²) in [6, 6.07) is 14.9. The molecule has 1 unspecified atom stereocenters. The Morgan fingerprint density at radius 2 is 1.84 bits per heavy atom. The minimum Gasteiger partial charge on any atom is -0.372 e. The van der Waals surface area contributed by atoms with Crippen molar-refractivity contribution >= 4 is 0 Å². The first-order chi connectivity index (χ1) is 9.28. The van der Waals surface area contributed by atoms with Gasteiger partial charge in [0.2, 0.25) is 0 Å². The second-order valence-corrected chi connectivity index (χ2v) is 5.10. The molecule has 2 heteroatoms. The highest BCUT2D eigenvalue weighted by molar-refractivity contribution is 5.39. The predicted molar refractivity (Wildman–Crippen MR) is 76.8 cm³/mol. The fourth-order valence-electron chi connectivity index (χ4n) is 2.58. The van der Waals surface area contributed by atoms with E-state index in [1.807, 2.05) is 0 Å². The lowest BCUT2D eigenvalue weighted by Crippen LogP contribution is -2.12. The van der Waals surface area contributed by atoms with Gasteiger partial charge in [0.05, 0.1) is 19.3 Å². The standard InChI is InChI=1S/C17H19NO/c1-2-12-4-3-5-13(8-12)17(18)14-6-7-15-10-19-11-16(15)9-14/h3-9,17H,2,10-11,18H2,1H3. The molecule has 19 heavy (non-hydrogen) atoms. The summed E-state index contributed by atoms with van der Waals surface area (Å²) in [5.41, 5.74) is 12.6. The molecule has 2 aromatic rings. The van der Waals surface area contributed by atoms with Crippen LogP contribution in [0.5, 0.6) is 0 Å². The van der Waals surface area contributed by atoms with E-state index in [9.17, 15) is 0 Å². The molecule has 0 fully saturated rings. The van der Waals surface area contributed by atoms with Crippen molar-refractivity contribution in [2.24, 2.45) is 5.73 Å². The molecule has 0 radical (unpaired) electrons. The van der Waals surface area contributed by atoms with Crippen LogP contribution >= 0.6 is 0 Å². The average Bonchev–Trinajstić information content (AvgIpc) is 2.94. The summed E-state index contributed by atoms with van der Waals surface area (Å²) >= 11 is 0. The number of hydrogen-bond acceptors (Lipinski definition) is 2. The fourth-order valence-corrected chi connectivity index (χ4v) is 2.58. The number of ether oxygens (including phenoxy) is 1. The third-order valence-corrected chi connectivity index (χ3v) is 3.82. The Balaban J connectivity index is 1.92. The summed E-state index contributed by atoms with van der Waals surface area (Å²) in [5.74, 6) is 0. The summed E-state index contributed by atoms with van der Waals surface area (Å²) in [5, 5.41) is 0. The molecule has 2 aromatic carbocycles. The van der Waals surface area contributed by atoms with E-state index in [1.165, 1.54) is 22.3 Å². The lowest BCUT2D eigenvalue weighted by Gasteiger charge is -2.14. The zero-order valence-electron chi connectivity index (χ0n) is 11.2. The van der Waals surface area contributed by atoms with Gasteiger partial charge in [0.25, 0.3) is 0 Å². The van der Waals surface area contributed by atoms with Crippen molar-refractivity contribution in [2.75, 3.05) is 0 Å². The van der Waals surface area contributed by atoms with Crippen LogP contribution in [0.3, 0.4) is 0 Å². The molecule has 0 aromatic heterocycles. The Kier molecular flexibility index (Phi) is 3.36. The van der Waals surface area contributed by atoms with Crippen molar-refractivity contribution in [3.8, 4) is 0 Å². The zero-order chi connectivity index (χ0) is 13.2. The van der Waals surface area contributed by atoms with Crippen LogP contribution in [0.1, 0.15) is 40.8 Å². The summed E-state index contributed by atoms with van der Waals surface area (Å²) in [4.78, 5) is 0. The summed E-state index contributed by atoms with van der Waals surface area (Å²) in [7, 11) is 0. The summed E-state index contributed by atoms with van der Waals surface area (Å²) < 4.78 is 5.45. The molecule has 1 heterocycles. The van der Waals surface area contributed by atoms with Crippen LogP contribution in [0.15, 0.2) is 42.5 Å². The van der Waals surface area contributed by atoms with Crippen molar-refractivity contribution in [3.63, 3.8) is 0 Å². The maximum Gasteiger partial charge on any atom is 0.0725 e. The lowest BCUT2D eigenvalue weighted by atomic mass is 9.95. The minimum atomic E-state index is -0.0580. The molecule has 1 aliphatic heterocycles. The number of nitrogens with two attached hydrogens (primary N) is 1. The van der Waals surface area contributed by atoms with E-state index in [2.05, 4.69) is 49.4 Å². The van der Waals surface area contributed by atoms with Crippen molar-refractivity contribution in [2.45, 2.75) is 32.6 Å². The van der Waals surface area contributed by atoms with Gasteiger partial charge in [-0.25, -0.2) is 0 Å². The van der Waals surface area contributed by atoms with Crippen LogP contribution in [0, 0.1) is 0 Å². The molecule has 0 saturated heterocycles. The molecular weight excluding hydrogens is 234 g/mol. The van der Waals surface area contributed by atoms with Gasteiger partial charge in [0.1, 0.15) is 0 Å². The van der Waals surface area contributed by atoms with Crippen LogP contribution in [0.4, 0.5) is 0 Å². The molecule has 98 valence electrons. The van der Waals surface area contributed by atoms with E-state index in [0.717, 1.165) is 18.6 Å². The Bertz CT molecular complexity index is 592. The quantitative estimate of drug-likeness (QED) is 0.910. The monoisotopic (exact) mass is 253 g/mol. The average molecular weight is 253 g/mol. The minimum absolute atomic E-state index is 0.0580. The topological polar surface area (TPSA) is 35.2 Å². The third kappa shape index (κ3) is 2.42. The number of fused-ring (bicyclic) bond motifs is 1. The zero-order valence-corrected chi connectivity index (χ0v) is 11.2. The van der Waals surface area contributed by atoms with Gasteiger partial charge in [0, 0.05) is 0 Å². The second-order valence-electron chi connectivity index (χ2n) is 5.10. The van der Waals surface area contributed by atoms with Gasteiger partial charge in [-0.2, -0.15) is 0 Å². The van der Waals surface area contributed by atoms with Gasteiger partial charge >= 0.3 is 0 Å². The van der Waals surface area contributed by atoms with E-state index in [4.69, 9.17) is 10.5 Å². The largest absolute Gasteiger partial charge is 0.372 e. The summed E-state index contributed by atoms with van der Waals surface area (Å²) in [6.07, 6.45) is 1.04. The number of rotatable bonds is 3. The lowest BCUT2D eigenvalue weighted by molar-refractivity contribution is 0.134. The van der Waals surface area contributed by atoms with Gasteiger partial charge in [-0.3, -0.25) is 0 Å². The highest BCUT2D eigenvalue weighted by Gasteiger charge is 2.15. The number of benzene rings is 2. The molecule has 1 atom stereocenters. The second kappa shape index (κ2) is 5.16. The van der Waals surface area contributed by atoms with Crippen LogP contribution in [0.2, 0.25) is 0 Å². The Hall–Kier alpha value is -1.64. The van der Waals surface area contributed by atoms with E-state index in [-0.39, 0.29) is 6.04 Å². The van der Waals surface area contributed by atoms with E-state index in [0.29, 0.717) is 6.61 Å². The highest BCUT2D eigenvalue weighted by Crippen LogP contribution is 2.26. The maximum atomic E-state index is 6.39. The Labute approximate surface area is 114 Å². The predicted octanol–water partition coefficient (Wildman–Crippen LogP) is 3.33. The molecule has 0 spiro atoms. The van der Waals surface area contributed by atoms with E-state index >= 15 is 0 Å². The molecule has 0 aliphatic carbocycles. The normalized spacial score (nSPS) is 15.3. The Morgan fingerprint density at radius 1 is 1.05 bits per heavy atom. The SMILES string of the molecule is CCc1cccc(C(N)c2ccc3c(c2)COC3)c1. The van der Waals surface area contributed by atoms with E-state index < -0.39 is 0 Å². The van der Waals surface area contributed by atoms with Crippen molar-refractivity contribution in [1.82, 2.24) is 0 Å². The molecule has 0 amide bonds. The summed E-state index contributed by atoms with van der Waals surface area (Å²) in [6.45, 7) is 3.61. The highest BCUT2D eigenvalue weighted by atomic mass is 16.5. The molecule has 0 bridgehead atoms. The van der Waals surface area contributed by atoms with Crippen molar-refractivity contribution < 1.29 is 4.74 Å².